The molecule has 0 aromatic carbocycles. The molecule has 0 atom stereocenters. The molecule has 0 radical (unpaired) electrons. The predicted octanol–water partition coefficient (Wildman–Crippen LogP) is 2.22. The molecule has 0 aliphatic rings. The molecule has 15 heavy (non-hydrogen) atoms. The van der Waals surface area contributed by atoms with Crippen LogP contribution in [-0.4, -0.2) is 21.0 Å². The molecule has 4 nitrogen and oxygen atoms in total. The van der Waals surface area contributed by atoms with Crippen molar-refractivity contribution < 1.29 is 23.1 Å². The van der Waals surface area contributed by atoms with Crippen molar-refractivity contribution in [2.45, 2.75) is 20.0 Å². The third-order valence-electron chi connectivity index (χ3n) is 1.15. The molecule has 0 fully saturated rings. The van der Waals surface area contributed by atoms with Gasteiger partial charge in [-0.2, -0.15) is 13.2 Å². The van der Waals surface area contributed by atoms with Gasteiger partial charge in [0.2, 0.25) is 5.82 Å². The Bertz CT molecular complexity index is 322. The van der Waals surface area contributed by atoms with Crippen LogP contribution < -0.4 is 0 Å². The Balaban J connectivity index is 0.000000921. The minimum Gasteiger partial charge on any atom is -0.478 e. The average Bonchev–Trinajstić information content (AvgIpc) is 2.20. The summed E-state index contributed by atoms with van der Waals surface area (Å²) in [5, 5.41) is 8.32. The number of carboxylic acids is 1. The van der Waals surface area contributed by atoms with Crippen LogP contribution in [0.3, 0.4) is 0 Å². The Kier molecular flexibility index (Phi) is 4.69. The van der Waals surface area contributed by atoms with Crippen LogP contribution in [0, 0.1) is 0 Å². The van der Waals surface area contributed by atoms with E-state index in [0.29, 0.717) is 12.4 Å². The third kappa shape index (κ3) is 3.92. The molecule has 1 heterocycles. The summed E-state index contributed by atoms with van der Waals surface area (Å²) in [6, 6.07) is 0. The highest BCUT2D eigenvalue weighted by Gasteiger charge is 2.34. The molecular formula is C8H9F3N2O2. The summed E-state index contributed by atoms with van der Waals surface area (Å²) in [5.41, 5.74) is -0.381. The maximum Gasteiger partial charge on any atom is 0.451 e. The van der Waals surface area contributed by atoms with E-state index >= 15 is 0 Å². The van der Waals surface area contributed by atoms with Gasteiger partial charge >= 0.3 is 12.1 Å². The lowest BCUT2D eigenvalue weighted by Crippen LogP contribution is -2.11. The first-order valence-corrected chi connectivity index (χ1v) is 4.04. The van der Waals surface area contributed by atoms with E-state index in [1.165, 1.54) is 0 Å². The first kappa shape index (κ1) is 13.3. The van der Waals surface area contributed by atoms with Gasteiger partial charge in [-0.05, 0) is 0 Å². The third-order valence-corrected chi connectivity index (χ3v) is 1.15. The number of alkyl halides is 3. The second kappa shape index (κ2) is 5.28. The second-order valence-corrected chi connectivity index (χ2v) is 2.10. The Hall–Kier alpha value is -1.66. The highest BCUT2D eigenvalue weighted by Crippen LogP contribution is 2.25. The van der Waals surface area contributed by atoms with Crippen LogP contribution in [0.5, 0.6) is 0 Å². The first-order chi connectivity index (χ1) is 6.91. The molecule has 1 rings (SSSR count). The summed E-state index contributed by atoms with van der Waals surface area (Å²) in [7, 11) is 0. The van der Waals surface area contributed by atoms with E-state index in [9.17, 15) is 18.0 Å². The Morgan fingerprint density at radius 1 is 1.27 bits per heavy atom. The first-order valence-electron chi connectivity index (χ1n) is 4.04. The van der Waals surface area contributed by atoms with E-state index in [4.69, 9.17) is 5.11 Å². The van der Waals surface area contributed by atoms with Crippen molar-refractivity contribution in [2.75, 3.05) is 0 Å². The molecule has 1 aromatic rings. The van der Waals surface area contributed by atoms with Crippen LogP contribution in [-0.2, 0) is 6.18 Å². The molecule has 7 heteroatoms. The molecule has 0 saturated heterocycles. The van der Waals surface area contributed by atoms with Crippen molar-refractivity contribution in [2.24, 2.45) is 0 Å². The number of hydrogen-bond donors (Lipinski definition) is 1. The summed E-state index contributed by atoms with van der Waals surface area (Å²) >= 11 is 0. The van der Waals surface area contributed by atoms with Crippen LogP contribution in [0.25, 0.3) is 0 Å². The van der Waals surface area contributed by atoms with E-state index in [2.05, 4.69) is 9.97 Å². The largest absolute Gasteiger partial charge is 0.478 e. The van der Waals surface area contributed by atoms with Crippen LogP contribution in [0.15, 0.2) is 12.4 Å². The van der Waals surface area contributed by atoms with Crippen LogP contribution in [0.2, 0.25) is 0 Å². The smallest absolute Gasteiger partial charge is 0.451 e. The Labute approximate surface area is 83.8 Å². The van der Waals surface area contributed by atoms with Gasteiger partial charge in [0, 0.05) is 12.4 Å². The van der Waals surface area contributed by atoms with E-state index in [1.54, 1.807) is 0 Å². The van der Waals surface area contributed by atoms with Crippen LogP contribution in [0.4, 0.5) is 13.2 Å². The number of rotatable bonds is 1. The maximum absolute atomic E-state index is 11.8. The maximum atomic E-state index is 11.8. The molecule has 0 aliphatic heterocycles. The molecule has 0 saturated carbocycles. The fourth-order valence-corrected chi connectivity index (χ4v) is 0.585. The van der Waals surface area contributed by atoms with Crippen molar-refractivity contribution in [3.8, 4) is 0 Å². The number of carbonyl (C=O) groups is 1. The predicted molar refractivity (Wildman–Crippen MR) is 45.3 cm³/mol. The Morgan fingerprint density at radius 3 is 1.93 bits per heavy atom. The highest BCUT2D eigenvalue weighted by molar-refractivity contribution is 5.86. The van der Waals surface area contributed by atoms with Gasteiger partial charge in [-0.3, -0.25) is 0 Å². The zero-order valence-corrected chi connectivity index (χ0v) is 8.04. The van der Waals surface area contributed by atoms with Crippen LogP contribution in [0.1, 0.15) is 30.0 Å². The molecule has 0 unspecified atom stereocenters. The van der Waals surface area contributed by atoms with Gasteiger partial charge in [0.1, 0.15) is 0 Å². The fraction of sp³-hybridized carbons (Fsp3) is 0.375. The summed E-state index contributed by atoms with van der Waals surface area (Å²) in [6.07, 6.45) is -3.42. The van der Waals surface area contributed by atoms with Gasteiger partial charge in [0.25, 0.3) is 0 Å². The summed E-state index contributed by atoms with van der Waals surface area (Å²) in [4.78, 5) is 15.9. The normalized spacial score (nSPS) is 10.2. The molecule has 1 N–H and O–H groups in total. The summed E-state index contributed by atoms with van der Waals surface area (Å²) in [6.45, 7) is 4.00. The monoisotopic (exact) mass is 222 g/mol. The summed E-state index contributed by atoms with van der Waals surface area (Å²) in [5.74, 6) is -2.72. The quantitative estimate of drug-likeness (QED) is 0.791. The standard InChI is InChI=1S/C6H3F3N2O2.C2H6/c7-6(8,9)5-10-1-3(2-11-5)4(12)13;1-2/h1-2H,(H,12,13);1-2H3. The lowest BCUT2D eigenvalue weighted by molar-refractivity contribution is -0.145. The minimum absolute atomic E-state index is 0.381. The highest BCUT2D eigenvalue weighted by atomic mass is 19.4. The van der Waals surface area contributed by atoms with Crippen molar-refractivity contribution in [1.29, 1.82) is 0 Å². The number of nitrogens with zero attached hydrogens (tertiary/aromatic N) is 2. The molecular weight excluding hydrogens is 213 g/mol. The number of aromatic nitrogens is 2. The zero-order valence-electron chi connectivity index (χ0n) is 8.04. The molecule has 0 aliphatic carbocycles. The van der Waals surface area contributed by atoms with E-state index in [1.807, 2.05) is 13.8 Å². The van der Waals surface area contributed by atoms with Gasteiger partial charge in [0.05, 0.1) is 5.56 Å². The van der Waals surface area contributed by atoms with E-state index < -0.39 is 18.0 Å². The molecule has 84 valence electrons. The minimum atomic E-state index is -4.64. The number of hydrogen-bond acceptors (Lipinski definition) is 3. The Morgan fingerprint density at radius 2 is 1.67 bits per heavy atom. The van der Waals surface area contributed by atoms with Crippen molar-refractivity contribution in [1.82, 2.24) is 9.97 Å². The van der Waals surface area contributed by atoms with Gasteiger partial charge < -0.3 is 5.11 Å². The average molecular weight is 222 g/mol. The van der Waals surface area contributed by atoms with Gasteiger partial charge in [-0.15, -0.1) is 0 Å². The van der Waals surface area contributed by atoms with Crippen molar-refractivity contribution in [3.63, 3.8) is 0 Å². The zero-order chi connectivity index (χ0) is 12.1. The van der Waals surface area contributed by atoms with Crippen LogP contribution >= 0.6 is 0 Å². The van der Waals surface area contributed by atoms with Gasteiger partial charge in [0.15, 0.2) is 0 Å². The lowest BCUT2D eigenvalue weighted by Gasteiger charge is -2.02. The SMILES string of the molecule is CC.O=C(O)c1cnc(C(F)(F)F)nc1. The van der Waals surface area contributed by atoms with Crippen molar-refractivity contribution in [3.05, 3.63) is 23.8 Å². The second-order valence-electron chi connectivity index (χ2n) is 2.10. The fourth-order valence-electron chi connectivity index (χ4n) is 0.585. The van der Waals surface area contributed by atoms with E-state index in [0.717, 1.165) is 0 Å². The molecule has 0 bridgehead atoms. The lowest BCUT2D eigenvalue weighted by atomic mass is 10.3. The van der Waals surface area contributed by atoms with Gasteiger partial charge in [-0.25, -0.2) is 14.8 Å². The summed E-state index contributed by atoms with van der Waals surface area (Å²) < 4.78 is 35.5. The van der Waals surface area contributed by atoms with Gasteiger partial charge in [-0.1, -0.05) is 13.8 Å². The van der Waals surface area contributed by atoms with E-state index in [-0.39, 0.29) is 5.56 Å². The molecule has 0 amide bonds. The number of halogens is 3. The molecule has 1 aromatic heterocycles. The number of carboxylic acid groups (broad SMARTS) is 1. The topological polar surface area (TPSA) is 63.1 Å². The van der Waals surface area contributed by atoms with Crippen molar-refractivity contribution >= 4 is 5.97 Å². The number of aromatic carboxylic acids is 1. The molecule has 0 spiro atoms.